The minimum absolute atomic E-state index is 0.204. The van der Waals surface area contributed by atoms with Gasteiger partial charge >= 0.3 is 0 Å². The van der Waals surface area contributed by atoms with Gasteiger partial charge in [0, 0.05) is 11.6 Å². The van der Waals surface area contributed by atoms with Crippen LogP contribution in [0, 0.1) is 0 Å². The quantitative estimate of drug-likeness (QED) is 0.671. The summed E-state index contributed by atoms with van der Waals surface area (Å²) in [6, 6.07) is 0.419. The van der Waals surface area contributed by atoms with Crippen molar-refractivity contribution in [3.8, 4) is 0 Å². The van der Waals surface area contributed by atoms with Crippen molar-refractivity contribution in [2.75, 3.05) is 20.1 Å². The smallest absolute Gasteiger partial charge is 0.0433 e. The van der Waals surface area contributed by atoms with E-state index in [0.717, 1.165) is 19.5 Å². The molecule has 0 saturated carbocycles. The van der Waals surface area contributed by atoms with E-state index >= 15 is 0 Å². The number of nitrogens with zero attached hydrogens (tertiary/aromatic N) is 1. The molecule has 2 unspecified atom stereocenters. The van der Waals surface area contributed by atoms with E-state index < -0.39 is 0 Å². The summed E-state index contributed by atoms with van der Waals surface area (Å²) in [6.07, 6.45) is 3.51. The Morgan fingerprint density at radius 2 is 1.75 bits per heavy atom. The van der Waals surface area contributed by atoms with Crippen LogP contribution in [-0.4, -0.2) is 36.6 Å². The third kappa shape index (κ3) is 3.60. The second-order valence-corrected chi connectivity index (χ2v) is 4.89. The van der Waals surface area contributed by atoms with Crippen LogP contribution in [0.2, 0.25) is 0 Å². The van der Waals surface area contributed by atoms with E-state index in [2.05, 4.69) is 64.9 Å². The highest BCUT2D eigenvalue weighted by atomic mass is 15.2. The number of rotatable bonds is 7. The number of hydrogen-bond acceptors (Lipinski definition) is 2. The van der Waals surface area contributed by atoms with Crippen LogP contribution in [0.25, 0.3) is 0 Å². The predicted molar refractivity (Wildman–Crippen MR) is 73.9 cm³/mol. The molecule has 0 aliphatic carbocycles. The minimum Gasteiger partial charge on any atom is -0.312 e. The predicted octanol–water partition coefficient (Wildman–Crippen LogP) is 3.05. The maximum Gasteiger partial charge on any atom is 0.0433 e. The molecule has 0 amide bonds. The molecule has 0 aromatic heterocycles. The fourth-order valence-electron chi connectivity index (χ4n) is 2.49. The van der Waals surface area contributed by atoms with E-state index in [1.54, 1.807) is 0 Å². The molecule has 2 nitrogen and oxygen atoms in total. The van der Waals surface area contributed by atoms with Gasteiger partial charge in [0.2, 0.25) is 0 Å². The fraction of sp³-hybridized carbons (Fsp3) is 0.857. The Hall–Kier alpha value is -0.340. The Labute approximate surface area is 102 Å². The molecule has 0 aliphatic heterocycles. The molecule has 0 rings (SSSR count). The lowest BCUT2D eigenvalue weighted by atomic mass is 9.86. The monoisotopic (exact) mass is 226 g/mol. The van der Waals surface area contributed by atoms with Crippen molar-refractivity contribution in [2.24, 2.45) is 0 Å². The number of allylic oxidation sites excluding steroid dienone is 1. The van der Waals surface area contributed by atoms with Crippen LogP contribution >= 0.6 is 0 Å². The van der Waals surface area contributed by atoms with Gasteiger partial charge in [0.1, 0.15) is 0 Å². The Morgan fingerprint density at radius 1 is 1.25 bits per heavy atom. The van der Waals surface area contributed by atoms with E-state index in [1.165, 1.54) is 5.57 Å². The molecule has 0 aliphatic rings. The molecule has 0 bridgehead atoms. The van der Waals surface area contributed by atoms with Crippen LogP contribution in [0.1, 0.15) is 48.0 Å². The molecule has 0 fully saturated rings. The lowest BCUT2D eigenvalue weighted by Crippen LogP contribution is -2.57. The molecule has 1 N–H and O–H groups in total. The average Bonchev–Trinajstić information content (AvgIpc) is 2.26. The number of hydrogen-bond donors (Lipinski definition) is 1. The maximum atomic E-state index is 3.46. The van der Waals surface area contributed by atoms with Gasteiger partial charge in [0.15, 0.2) is 0 Å². The van der Waals surface area contributed by atoms with Gasteiger partial charge < -0.3 is 5.32 Å². The Bertz CT molecular complexity index is 215. The molecule has 0 saturated heterocycles. The van der Waals surface area contributed by atoms with E-state index in [4.69, 9.17) is 0 Å². The molecule has 0 aromatic carbocycles. The highest BCUT2D eigenvalue weighted by Crippen LogP contribution is 2.25. The standard InChI is InChI=1S/C14H30N2/c1-8-14(6,16(9-2)10-3)13(15-7)11-12(4)5/h11,13,15H,8-10H2,1-7H3. The van der Waals surface area contributed by atoms with Crippen LogP contribution in [-0.2, 0) is 0 Å². The van der Waals surface area contributed by atoms with Gasteiger partial charge in [0.25, 0.3) is 0 Å². The van der Waals surface area contributed by atoms with Crippen molar-refractivity contribution < 1.29 is 0 Å². The molecule has 0 heterocycles. The molecule has 0 aromatic rings. The van der Waals surface area contributed by atoms with Gasteiger partial charge in [-0.15, -0.1) is 0 Å². The first-order valence-corrected chi connectivity index (χ1v) is 6.53. The lowest BCUT2D eigenvalue weighted by Gasteiger charge is -2.44. The van der Waals surface area contributed by atoms with Crippen molar-refractivity contribution in [1.29, 1.82) is 0 Å². The first kappa shape index (κ1) is 15.7. The highest BCUT2D eigenvalue weighted by molar-refractivity contribution is 5.10. The summed E-state index contributed by atoms with van der Waals surface area (Å²) in [5, 5.41) is 3.46. The topological polar surface area (TPSA) is 15.3 Å². The normalized spacial score (nSPS) is 17.0. The van der Waals surface area contributed by atoms with Crippen LogP contribution in [0.5, 0.6) is 0 Å². The zero-order chi connectivity index (χ0) is 12.8. The molecule has 96 valence electrons. The SMILES string of the molecule is CCN(CC)C(C)(CC)C(C=C(C)C)NC. The van der Waals surface area contributed by atoms with Crippen molar-refractivity contribution in [2.45, 2.75) is 59.5 Å². The van der Waals surface area contributed by atoms with Crippen LogP contribution < -0.4 is 5.32 Å². The van der Waals surface area contributed by atoms with Crippen LogP contribution in [0.3, 0.4) is 0 Å². The molecular weight excluding hydrogens is 196 g/mol. The molecule has 16 heavy (non-hydrogen) atoms. The second kappa shape index (κ2) is 7.08. The second-order valence-electron chi connectivity index (χ2n) is 4.89. The van der Waals surface area contributed by atoms with Gasteiger partial charge in [-0.2, -0.15) is 0 Å². The zero-order valence-corrected chi connectivity index (χ0v) is 12.2. The van der Waals surface area contributed by atoms with E-state index in [0.29, 0.717) is 6.04 Å². The largest absolute Gasteiger partial charge is 0.312 e. The van der Waals surface area contributed by atoms with Crippen molar-refractivity contribution in [3.05, 3.63) is 11.6 Å². The lowest BCUT2D eigenvalue weighted by molar-refractivity contribution is 0.0888. The molecular formula is C14H30N2. The number of likely N-dealkylation sites (N-methyl/N-ethyl adjacent to an activating group) is 2. The molecule has 2 heteroatoms. The summed E-state index contributed by atoms with van der Waals surface area (Å²) in [5.41, 5.74) is 1.58. The highest BCUT2D eigenvalue weighted by Gasteiger charge is 2.34. The molecule has 2 atom stereocenters. The zero-order valence-electron chi connectivity index (χ0n) is 12.2. The first-order valence-electron chi connectivity index (χ1n) is 6.53. The third-order valence-corrected chi connectivity index (χ3v) is 3.68. The van der Waals surface area contributed by atoms with Gasteiger partial charge in [-0.3, -0.25) is 4.90 Å². The number of nitrogens with one attached hydrogen (secondary N) is 1. The minimum atomic E-state index is 0.204. The van der Waals surface area contributed by atoms with Gasteiger partial charge in [0.05, 0.1) is 0 Å². The maximum absolute atomic E-state index is 3.46. The Balaban J connectivity index is 5.09. The van der Waals surface area contributed by atoms with E-state index in [-0.39, 0.29) is 5.54 Å². The molecule has 0 spiro atoms. The van der Waals surface area contributed by atoms with Gasteiger partial charge in [-0.25, -0.2) is 0 Å². The van der Waals surface area contributed by atoms with E-state index in [1.807, 2.05) is 0 Å². The summed E-state index contributed by atoms with van der Waals surface area (Å²) in [5.74, 6) is 0. The first-order chi connectivity index (χ1) is 7.46. The van der Waals surface area contributed by atoms with Crippen molar-refractivity contribution in [1.82, 2.24) is 10.2 Å². The Kier molecular flexibility index (Phi) is 6.93. The van der Waals surface area contributed by atoms with Crippen LogP contribution in [0.15, 0.2) is 11.6 Å². The summed E-state index contributed by atoms with van der Waals surface area (Å²) >= 11 is 0. The summed E-state index contributed by atoms with van der Waals surface area (Å²) < 4.78 is 0. The summed E-state index contributed by atoms with van der Waals surface area (Å²) in [4.78, 5) is 2.55. The van der Waals surface area contributed by atoms with E-state index in [9.17, 15) is 0 Å². The fourth-order valence-corrected chi connectivity index (χ4v) is 2.49. The van der Waals surface area contributed by atoms with Gasteiger partial charge in [-0.1, -0.05) is 32.4 Å². The van der Waals surface area contributed by atoms with Crippen molar-refractivity contribution >= 4 is 0 Å². The average molecular weight is 226 g/mol. The van der Waals surface area contributed by atoms with Crippen molar-refractivity contribution in [3.63, 3.8) is 0 Å². The van der Waals surface area contributed by atoms with Crippen LogP contribution in [0.4, 0.5) is 0 Å². The summed E-state index contributed by atoms with van der Waals surface area (Å²) in [7, 11) is 2.06. The van der Waals surface area contributed by atoms with Gasteiger partial charge in [-0.05, 0) is 47.3 Å². The molecule has 0 radical (unpaired) electrons. The summed E-state index contributed by atoms with van der Waals surface area (Å²) in [6.45, 7) is 15.7. The third-order valence-electron chi connectivity index (χ3n) is 3.68. The Morgan fingerprint density at radius 3 is 2.00 bits per heavy atom.